The molecule has 0 saturated carbocycles. The van der Waals surface area contributed by atoms with E-state index in [1.54, 1.807) is 36.4 Å². The SMILES string of the molecule is COC(=O)c1ccc(CN2C(=O)SC(=Cc3ccc(-c4ccc(C#N)cc4)o3)C2=O)o1. The summed E-state index contributed by atoms with van der Waals surface area (Å²) in [5, 5.41) is 8.43. The lowest BCUT2D eigenvalue weighted by atomic mass is 10.1. The van der Waals surface area contributed by atoms with E-state index in [9.17, 15) is 14.4 Å². The molecule has 1 fully saturated rings. The van der Waals surface area contributed by atoms with Crippen LogP contribution in [0.15, 0.2) is 62.3 Å². The molecule has 0 bridgehead atoms. The van der Waals surface area contributed by atoms with Crippen molar-refractivity contribution in [3.05, 3.63) is 76.3 Å². The van der Waals surface area contributed by atoms with Crippen LogP contribution in [0, 0.1) is 11.3 Å². The summed E-state index contributed by atoms with van der Waals surface area (Å²) >= 11 is 0.793. The molecule has 0 unspecified atom stereocenters. The first kappa shape index (κ1) is 20.3. The Labute approximate surface area is 180 Å². The average Bonchev–Trinajstić information content (AvgIpc) is 3.51. The van der Waals surface area contributed by atoms with Crippen molar-refractivity contribution in [1.29, 1.82) is 5.26 Å². The Bertz CT molecular complexity index is 1250. The number of rotatable bonds is 5. The van der Waals surface area contributed by atoms with Gasteiger partial charge in [0.05, 0.1) is 30.2 Å². The van der Waals surface area contributed by atoms with Gasteiger partial charge in [0.2, 0.25) is 5.76 Å². The van der Waals surface area contributed by atoms with Crippen molar-refractivity contribution in [1.82, 2.24) is 4.90 Å². The van der Waals surface area contributed by atoms with Gasteiger partial charge in [-0.05, 0) is 60.3 Å². The minimum atomic E-state index is -0.642. The molecular formula is C22H14N2O6S. The summed E-state index contributed by atoms with van der Waals surface area (Å²) in [4.78, 5) is 37.7. The van der Waals surface area contributed by atoms with Crippen LogP contribution >= 0.6 is 11.8 Å². The number of hydrogen-bond donors (Lipinski definition) is 0. The van der Waals surface area contributed by atoms with Crippen molar-refractivity contribution in [3.8, 4) is 17.4 Å². The number of furan rings is 2. The Hall–Kier alpha value is -4.03. The highest BCUT2D eigenvalue weighted by Gasteiger charge is 2.36. The Morgan fingerprint density at radius 2 is 1.90 bits per heavy atom. The van der Waals surface area contributed by atoms with E-state index in [2.05, 4.69) is 10.8 Å². The van der Waals surface area contributed by atoms with E-state index < -0.39 is 17.1 Å². The second-order valence-corrected chi connectivity index (χ2v) is 7.41. The lowest BCUT2D eigenvalue weighted by Gasteiger charge is -2.09. The van der Waals surface area contributed by atoms with E-state index in [4.69, 9.17) is 14.1 Å². The first-order chi connectivity index (χ1) is 15.0. The number of benzene rings is 1. The van der Waals surface area contributed by atoms with Crippen LogP contribution in [-0.2, 0) is 16.1 Å². The first-order valence-electron chi connectivity index (χ1n) is 9.01. The van der Waals surface area contributed by atoms with E-state index >= 15 is 0 Å². The molecule has 2 aromatic heterocycles. The summed E-state index contributed by atoms with van der Waals surface area (Å²) in [6, 6.07) is 15.3. The summed E-state index contributed by atoms with van der Waals surface area (Å²) in [5.41, 5.74) is 1.32. The Kier molecular flexibility index (Phi) is 5.47. The minimum absolute atomic E-state index is 0.00840. The number of amides is 2. The van der Waals surface area contributed by atoms with Crippen molar-refractivity contribution in [2.24, 2.45) is 0 Å². The maximum absolute atomic E-state index is 12.7. The topological polar surface area (TPSA) is 114 Å². The van der Waals surface area contributed by atoms with Gasteiger partial charge in [-0.25, -0.2) is 4.79 Å². The van der Waals surface area contributed by atoms with Crippen molar-refractivity contribution < 1.29 is 28.0 Å². The molecule has 0 aliphatic carbocycles. The quantitative estimate of drug-likeness (QED) is 0.428. The number of ether oxygens (including phenoxy) is 1. The average molecular weight is 434 g/mol. The van der Waals surface area contributed by atoms with Crippen LogP contribution in [0.25, 0.3) is 17.4 Å². The molecule has 8 nitrogen and oxygen atoms in total. The van der Waals surface area contributed by atoms with Gasteiger partial charge in [-0.15, -0.1) is 0 Å². The highest BCUT2D eigenvalue weighted by Crippen LogP contribution is 2.34. The maximum atomic E-state index is 12.7. The van der Waals surface area contributed by atoms with Gasteiger partial charge >= 0.3 is 5.97 Å². The third-order valence-corrected chi connectivity index (χ3v) is 5.34. The van der Waals surface area contributed by atoms with Gasteiger partial charge in [0.15, 0.2) is 0 Å². The summed E-state index contributed by atoms with van der Waals surface area (Å²) < 4.78 is 15.7. The molecule has 0 N–H and O–H groups in total. The molecule has 1 aliphatic heterocycles. The van der Waals surface area contributed by atoms with Gasteiger partial charge in [-0.3, -0.25) is 14.5 Å². The normalized spacial score (nSPS) is 14.8. The van der Waals surface area contributed by atoms with Gasteiger partial charge in [0, 0.05) is 11.6 Å². The smallest absolute Gasteiger partial charge is 0.373 e. The van der Waals surface area contributed by atoms with E-state index in [1.807, 2.05) is 0 Å². The van der Waals surface area contributed by atoms with E-state index in [0.717, 1.165) is 22.2 Å². The third kappa shape index (κ3) is 4.15. The molecule has 3 aromatic rings. The number of nitriles is 1. The van der Waals surface area contributed by atoms with E-state index in [1.165, 1.54) is 25.3 Å². The molecule has 9 heteroatoms. The fourth-order valence-corrected chi connectivity index (χ4v) is 3.71. The van der Waals surface area contributed by atoms with Gasteiger partial charge in [0.25, 0.3) is 11.1 Å². The Morgan fingerprint density at radius 3 is 2.61 bits per heavy atom. The number of imide groups is 1. The largest absolute Gasteiger partial charge is 0.463 e. The predicted molar refractivity (Wildman–Crippen MR) is 110 cm³/mol. The van der Waals surface area contributed by atoms with Crippen LogP contribution in [0.1, 0.15) is 27.6 Å². The molecule has 3 heterocycles. The summed E-state index contributed by atoms with van der Waals surface area (Å²) in [6.45, 7) is -0.104. The van der Waals surface area contributed by atoms with Crippen LogP contribution in [0.5, 0.6) is 0 Å². The molecule has 1 aromatic carbocycles. The number of thioether (sulfide) groups is 1. The highest BCUT2D eigenvalue weighted by atomic mass is 32.2. The van der Waals surface area contributed by atoms with Crippen molar-refractivity contribution >= 4 is 35.0 Å². The van der Waals surface area contributed by atoms with Crippen molar-refractivity contribution in [3.63, 3.8) is 0 Å². The van der Waals surface area contributed by atoms with E-state index in [-0.39, 0.29) is 23.0 Å². The van der Waals surface area contributed by atoms with Gasteiger partial charge in [-0.1, -0.05) is 0 Å². The zero-order valence-corrected chi connectivity index (χ0v) is 17.0. The van der Waals surface area contributed by atoms with E-state index in [0.29, 0.717) is 17.1 Å². The number of nitrogens with zero attached hydrogens (tertiary/aromatic N) is 2. The number of carbonyl (C=O) groups excluding carboxylic acids is 3. The zero-order valence-electron chi connectivity index (χ0n) is 16.2. The first-order valence-corrected chi connectivity index (χ1v) is 9.83. The third-order valence-electron chi connectivity index (χ3n) is 4.43. The monoisotopic (exact) mass is 434 g/mol. The Balaban J connectivity index is 1.49. The molecule has 4 rings (SSSR count). The molecule has 2 amide bonds. The fourth-order valence-electron chi connectivity index (χ4n) is 2.89. The molecule has 154 valence electrons. The molecular weight excluding hydrogens is 420 g/mol. The number of methoxy groups -OCH3 is 1. The van der Waals surface area contributed by atoms with Gasteiger partial charge in [-0.2, -0.15) is 5.26 Å². The highest BCUT2D eigenvalue weighted by molar-refractivity contribution is 8.18. The number of esters is 1. The molecule has 0 spiro atoms. The standard InChI is InChI=1S/C22H14N2O6S/c1-28-21(26)18-9-7-16(30-18)12-24-20(25)19(31-22(24)27)10-15-6-8-17(29-15)14-4-2-13(11-23)3-5-14/h2-10H,12H2,1H3. The lowest BCUT2D eigenvalue weighted by molar-refractivity contribution is -0.123. The molecule has 1 aliphatic rings. The second kappa shape index (κ2) is 8.38. The van der Waals surface area contributed by atoms with Crippen molar-refractivity contribution in [2.75, 3.05) is 7.11 Å². The number of carbonyl (C=O) groups is 3. The van der Waals surface area contributed by atoms with Crippen molar-refractivity contribution in [2.45, 2.75) is 6.54 Å². The summed E-state index contributed by atoms with van der Waals surface area (Å²) in [5.74, 6) is 0.131. The minimum Gasteiger partial charge on any atom is -0.463 e. The maximum Gasteiger partial charge on any atom is 0.373 e. The van der Waals surface area contributed by atoms with Gasteiger partial charge < -0.3 is 13.6 Å². The molecule has 1 saturated heterocycles. The summed E-state index contributed by atoms with van der Waals surface area (Å²) in [6.07, 6.45) is 1.50. The van der Waals surface area contributed by atoms with Crippen LogP contribution in [0.2, 0.25) is 0 Å². The Morgan fingerprint density at radius 1 is 1.13 bits per heavy atom. The molecule has 0 radical (unpaired) electrons. The van der Waals surface area contributed by atoms with Crippen LogP contribution in [0.4, 0.5) is 4.79 Å². The zero-order chi connectivity index (χ0) is 22.0. The van der Waals surface area contributed by atoms with Gasteiger partial charge in [0.1, 0.15) is 17.3 Å². The predicted octanol–water partition coefficient (Wildman–Crippen LogP) is 4.43. The second-order valence-electron chi connectivity index (χ2n) is 6.42. The fraction of sp³-hybridized carbons (Fsp3) is 0.0909. The van der Waals surface area contributed by atoms with Crippen LogP contribution in [-0.4, -0.2) is 29.1 Å². The summed E-state index contributed by atoms with van der Waals surface area (Å²) in [7, 11) is 1.23. The van der Waals surface area contributed by atoms with Crippen LogP contribution in [0.3, 0.4) is 0 Å². The molecule has 31 heavy (non-hydrogen) atoms. The van der Waals surface area contributed by atoms with Crippen LogP contribution < -0.4 is 0 Å². The number of hydrogen-bond acceptors (Lipinski definition) is 8. The molecule has 0 atom stereocenters. The lowest BCUT2D eigenvalue weighted by Crippen LogP contribution is -2.27.